The number of ether oxygens (including phenoxy) is 1. The van der Waals surface area contributed by atoms with Crippen LogP contribution in [0.1, 0.15) is 45.8 Å². The molecule has 3 aromatic rings. The second-order valence-electron chi connectivity index (χ2n) is 8.17. The van der Waals surface area contributed by atoms with Gasteiger partial charge in [0, 0.05) is 13.1 Å². The third kappa shape index (κ3) is 6.51. The van der Waals surface area contributed by atoms with Gasteiger partial charge in [-0.05, 0) is 66.1 Å². The van der Waals surface area contributed by atoms with Gasteiger partial charge in [-0.2, -0.15) is 0 Å². The summed E-state index contributed by atoms with van der Waals surface area (Å²) in [5.74, 6) is 0.139. The van der Waals surface area contributed by atoms with Crippen molar-refractivity contribution in [1.29, 1.82) is 0 Å². The highest BCUT2D eigenvalue weighted by Crippen LogP contribution is 2.40. The molecule has 0 N–H and O–H groups in total. The first kappa shape index (κ1) is 23.2. The molecule has 0 radical (unpaired) electrons. The number of halogens is 4. The molecule has 1 amide bonds. The molecule has 0 unspecified atom stereocenters. The number of rotatable bonds is 8. The smallest absolute Gasteiger partial charge is 0.406 e. The van der Waals surface area contributed by atoms with Gasteiger partial charge in [-0.3, -0.25) is 4.79 Å². The van der Waals surface area contributed by atoms with E-state index in [2.05, 4.69) is 16.9 Å². The van der Waals surface area contributed by atoms with Crippen molar-refractivity contribution in [1.82, 2.24) is 4.90 Å². The van der Waals surface area contributed by atoms with E-state index in [9.17, 15) is 18.0 Å². The summed E-state index contributed by atoms with van der Waals surface area (Å²) >= 11 is 6.26. The molecule has 3 nitrogen and oxygen atoms in total. The number of nitrogens with zero attached hydrogens (tertiary/aromatic N) is 1. The SMILES string of the molecule is O=C(c1ccccc1Cl)N(CCc1cccc(OC(F)(F)F)c1)Cc1ccc(C2CC2)cc1. The maximum absolute atomic E-state index is 13.3. The molecular weight excluding hydrogens is 451 g/mol. The van der Waals surface area contributed by atoms with Crippen LogP contribution in [-0.2, 0) is 13.0 Å². The lowest BCUT2D eigenvalue weighted by atomic mass is 10.1. The topological polar surface area (TPSA) is 29.5 Å². The van der Waals surface area contributed by atoms with Crippen molar-refractivity contribution in [2.45, 2.75) is 38.1 Å². The van der Waals surface area contributed by atoms with Gasteiger partial charge in [0.1, 0.15) is 5.75 Å². The Kier molecular flexibility index (Phi) is 6.94. The first-order valence-corrected chi connectivity index (χ1v) is 11.1. The van der Waals surface area contributed by atoms with Gasteiger partial charge in [-0.1, -0.05) is 60.1 Å². The first-order chi connectivity index (χ1) is 15.8. The fourth-order valence-corrected chi connectivity index (χ4v) is 3.97. The monoisotopic (exact) mass is 473 g/mol. The Morgan fingerprint density at radius 3 is 2.36 bits per heavy atom. The molecule has 0 bridgehead atoms. The van der Waals surface area contributed by atoms with Crippen LogP contribution in [0.3, 0.4) is 0 Å². The van der Waals surface area contributed by atoms with E-state index in [1.165, 1.54) is 36.6 Å². The summed E-state index contributed by atoms with van der Waals surface area (Å²) in [6, 6.07) is 20.9. The minimum atomic E-state index is -4.75. The number of hydrogen-bond donors (Lipinski definition) is 0. The summed E-state index contributed by atoms with van der Waals surface area (Å²) in [6.45, 7) is 0.678. The number of carbonyl (C=O) groups excluding carboxylic acids is 1. The molecule has 1 aliphatic carbocycles. The molecule has 0 saturated heterocycles. The molecule has 172 valence electrons. The lowest BCUT2D eigenvalue weighted by Gasteiger charge is -2.24. The van der Waals surface area contributed by atoms with Crippen LogP contribution in [0.5, 0.6) is 5.75 Å². The molecule has 0 heterocycles. The number of alkyl halides is 3. The molecule has 4 rings (SSSR count). The van der Waals surface area contributed by atoms with Crippen molar-refractivity contribution in [3.63, 3.8) is 0 Å². The molecule has 1 aliphatic rings. The third-order valence-electron chi connectivity index (χ3n) is 5.60. The second-order valence-corrected chi connectivity index (χ2v) is 8.57. The average Bonchev–Trinajstić information content (AvgIpc) is 3.61. The van der Waals surface area contributed by atoms with E-state index < -0.39 is 6.36 Å². The maximum atomic E-state index is 13.3. The molecule has 1 saturated carbocycles. The van der Waals surface area contributed by atoms with E-state index in [1.807, 2.05) is 12.1 Å². The second kappa shape index (κ2) is 9.87. The van der Waals surface area contributed by atoms with E-state index in [-0.39, 0.29) is 11.7 Å². The van der Waals surface area contributed by atoms with Gasteiger partial charge in [0.05, 0.1) is 10.6 Å². The lowest BCUT2D eigenvalue weighted by molar-refractivity contribution is -0.274. The molecule has 7 heteroatoms. The molecule has 0 atom stereocenters. The first-order valence-electron chi connectivity index (χ1n) is 10.8. The number of hydrogen-bond acceptors (Lipinski definition) is 2. The van der Waals surface area contributed by atoms with Gasteiger partial charge < -0.3 is 9.64 Å². The average molecular weight is 474 g/mol. The van der Waals surface area contributed by atoms with Crippen LogP contribution < -0.4 is 4.74 Å². The third-order valence-corrected chi connectivity index (χ3v) is 5.93. The fraction of sp³-hybridized carbons (Fsp3) is 0.269. The van der Waals surface area contributed by atoms with Crippen LogP contribution in [0.2, 0.25) is 5.02 Å². The number of amides is 1. The van der Waals surface area contributed by atoms with Gasteiger partial charge in [-0.15, -0.1) is 13.2 Å². The van der Waals surface area contributed by atoms with E-state index in [0.717, 1.165) is 5.56 Å². The van der Waals surface area contributed by atoms with Gasteiger partial charge in [-0.25, -0.2) is 0 Å². The van der Waals surface area contributed by atoms with Crippen molar-refractivity contribution in [3.05, 3.63) is 100 Å². The molecule has 33 heavy (non-hydrogen) atoms. The summed E-state index contributed by atoms with van der Waals surface area (Å²) in [5, 5.41) is 0.358. The predicted molar refractivity (Wildman–Crippen MR) is 121 cm³/mol. The minimum absolute atomic E-state index is 0.227. The highest BCUT2D eigenvalue weighted by Gasteiger charge is 2.31. The number of benzene rings is 3. The van der Waals surface area contributed by atoms with Gasteiger partial charge in [0.15, 0.2) is 0 Å². The Morgan fingerprint density at radius 1 is 0.970 bits per heavy atom. The number of carbonyl (C=O) groups is 1. The highest BCUT2D eigenvalue weighted by atomic mass is 35.5. The van der Waals surface area contributed by atoms with Crippen molar-refractivity contribution < 1.29 is 22.7 Å². The van der Waals surface area contributed by atoms with Crippen molar-refractivity contribution in [2.75, 3.05) is 6.54 Å². The Morgan fingerprint density at radius 2 is 1.70 bits per heavy atom. The van der Waals surface area contributed by atoms with Crippen LogP contribution in [0.4, 0.5) is 13.2 Å². The Labute approximate surface area is 195 Å². The van der Waals surface area contributed by atoms with E-state index >= 15 is 0 Å². The largest absolute Gasteiger partial charge is 0.573 e. The van der Waals surface area contributed by atoms with Crippen LogP contribution in [0.15, 0.2) is 72.8 Å². The summed E-state index contributed by atoms with van der Waals surface area (Å²) in [7, 11) is 0. The van der Waals surface area contributed by atoms with E-state index in [1.54, 1.807) is 35.2 Å². The molecule has 0 spiro atoms. The normalized spacial score (nSPS) is 13.6. The standard InChI is InChI=1S/C26H23ClF3NO2/c27-24-7-2-1-6-23(24)25(32)31(17-19-8-10-20(11-9-19)21-12-13-21)15-14-18-4-3-5-22(16-18)33-26(28,29)30/h1-11,16,21H,12-15,17H2. The molecule has 1 fully saturated rings. The predicted octanol–water partition coefficient (Wildman–Crippen LogP) is 7.00. The zero-order valence-electron chi connectivity index (χ0n) is 17.8. The van der Waals surface area contributed by atoms with Crippen LogP contribution in [0, 0.1) is 0 Å². The van der Waals surface area contributed by atoms with Crippen LogP contribution in [-0.4, -0.2) is 23.7 Å². The van der Waals surface area contributed by atoms with Crippen molar-refractivity contribution in [3.8, 4) is 5.75 Å². The van der Waals surface area contributed by atoms with Crippen molar-refractivity contribution >= 4 is 17.5 Å². The highest BCUT2D eigenvalue weighted by molar-refractivity contribution is 6.33. The van der Waals surface area contributed by atoms with Gasteiger partial charge in [0.25, 0.3) is 5.91 Å². The quantitative estimate of drug-likeness (QED) is 0.352. The maximum Gasteiger partial charge on any atom is 0.573 e. The van der Waals surface area contributed by atoms with Gasteiger partial charge in [0.2, 0.25) is 0 Å². The summed E-state index contributed by atoms with van der Waals surface area (Å²) < 4.78 is 41.7. The zero-order valence-corrected chi connectivity index (χ0v) is 18.6. The minimum Gasteiger partial charge on any atom is -0.406 e. The zero-order chi connectivity index (χ0) is 23.4. The van der Waals surface area contributed by atoms with Crippen molar-refractivity contribution in [2.24, 2.45) is 0 Å². The lowest BCUT2D eigenvalue weighted by Crippen LogP contribution is -2.32. The Bertz CT molecular complexity index is 1110. The Hall–Kier alpha value is -2.99. The Balaban J connectivity index is 1.51. The van der Waals surface area contributed by atoms with Crippen LogP contribution >= 0.6 is 11.6 Å². The summed E-state index contributed by atoms with van der Waals surface area (Å²) in [5.41, 5.74) is 3.32. The van der Waals surface area contributed by atoms with E-state index in [4.69, 9.17) is 11.6 Å². The molecule has 3 aromatic carbocycles. The molecule has 0 aromatic heterocycles. The fourth-order valence-electron chi connectivity index (χ4n) is 3.75. The van der Waals surface area contributed by atoms with Gasteiger partial charge >= 0.3 is 6.36 Å². The molecule has 0 aliphatic heterocycles. The van der Waals surface area contributed by atoms with E-state index in [0.29, 0.717) is 41.6 Å². The molecular formula is C26H23ClF3NO2. The summed E-state index contributed by atoms with van der Waals surface area (Å²) in [4.78, 5) is 15.0. The summed E-state index contributed by atoms with van der Waals surface area (Å²) in [6.07, 6.45) is -1.95. The van der Waals surface area contributed by atoms with Crippen LogP contribution in [0.25, 0.3) is 0 Å².